The summed E-state index contributed by atoms with van der Waals surface area (Å²) in [6.45, 7) is 2.93. The van der Waals surface area contributed by atoms with E-state index in [1.165, 1.54) is 6.20 Å². The van der Waals surface area contributed by atoms with Crippen LogP contribution in [-0.4, -0.2) is 26.4 Å². The average Bonchev–Trinajstić information content (AvgIpc) is 2.68. The smallest absolute Gasteiger partial charge is 0.329 e. The van der Waals surface area contributed by atoms with E-state index in [2.05, 4.69) is 20.3 Å². The van der Waals surface area contributed by atoms with Gasteiger partial charge in [-0.1, -0.05) is 11.6 Å². The van der Waals surface area contributed by atoms with Gasteiger partial charge in [0.25, 0.3) is 0 Å². The van der Waals surface area contributed by atoms with Crippen LogP contribution in [0.15, 0.2) is 55.0 Å². The van der Waals surface area contributed by atoms with E-state index in [1.54, 1.807) is 36.7 Å². The van der Waals surface area contributed by atoms with Crippen molar-refractivity contribution < 1.29 is 4.92 Å². The number of nitro groups is 1. The molecule has 0 fully saturated rings. The van der Waals surface area contributed by atoms with Crippen molar-refractivity contribution in [1.29, 1.82) is 0 Å². The maximum atomic E-state index is 11.5. The van der Waals surface area contributed by atoms with Crippen molar-refractivity contribution >= 4 is 34.7 Å². The Balaban J connectivity index is 1.92. The molecule has 27 heavy (non-hydrogen) atoms. The zero-order valence-corrected chi connectivity index (χ0v) is 15.3. The van der Waals surface area contributed by atoms with Gasteiger partial charge in [0.15, 0.2) is 0 Å². The second-order valence-corrected chi connectivity index (χ2v) is 6.10. The van der Waals surface area contributed by atoms with Crippen LogP contribution in [0.4, 0.5) is 23.1 Å². The Labute approximate surface area is 161 Å². The minimum absolute atomic E-state index is 0.146. The molecule has 0 aliphatic rings. The zero-order chi connectivity index (χ0) is 19.2. The van der Waals surface area contributed by atoms with Crippen molar-refractivity contribution in [1.82, 2.24) is 15.0 Å². The van der Waals surface area contributed by atoms with E-state index in [0.717, 1.165) is 11.3 Å². The number of pyridine rings is 1. The lowest BCUT2D eigenvalue weighted by atomic mass is 10.2. The van der Waals surface area contributed by atoms with Gasteiger partial charge in [-0.25, -0.2) is 4.98 Å². The molecule has 2 aromatic heterocycles. The fourth-order valence-electron chi connectivity index (χ4n) is 2.50. The molecule has 1 N–H and O–H groups in total. The maximum Gasteiger partial charge on any atom is 0.329 e. The Hall–Kier alpha value is -3.26. The topological polar surface area (TPSA) is 97.1 Å². The van der Waals surface area contributed by atoms with E-state index in [9.17, 15) is 10.1 Å². The van der Waals surface area contributed by atoms with Crippen molar-refractivity contribution in [2.24, 2.45) is 0 Å². The molecule has 138 valence electrons. The van der Waals surface area contributed by atoms with E-state index in [4.69, 9.17) is 11.6 Å². The molecule has 0 saturated carbocycles. The molecule has 0 atom stereocenters. The lowest BCUT2D eigenvalue weighted by molar-refractivity contribution is -0.384. The number of rotatable bonds is 7. The van der Waals surface area contributed by atoms with Crippen molar-refractivity contribution in [3.8, 4) is 0 Å². The van der Waals surface area contributed by atoms with Gasteiger partial charge < -0.3 is 10.2 Å². The van der Waals surface area contributed by atoms with E-state index >= 15 is 0 Å². The molecule has 1 aromatic carbocycles. The molecule has 2 heterocycles. The van der Waals surface area contributed by atoms with Crippen LogP contribution < -0.4 is 10.2 Å². The van der Waals surface area contributed by atoms with Gasteiger partial charge in [0.05, 0.1) is 4.92 Å². The second-order valence-electron chi connectivity index (χ2n) is 5.66. The number of nitrogens with one attached hydrogen (secondary N) is 1. The van der Waals surface area contributed by atoms with Crippen molar-refractivity contribution in [3.63, 3.8) is 0 Å². The van der Waals surface area contributed by atoms with E-state index in [1.807, 2.05) is 24.0 Å². The second kappa shape index (κ2) is 8.41. The molecule has 0 amide bonds. The highest BCUT2D eigenvalue weighted by molar-refractivity contribution is 6.30. The van der Waals surface area contributed by atoms with Gasteiger partial charge in [-0.15, -0.1) is 0 Å². The molecule has 9 heteroatoms. The Morgan fingerprint density at radius 2 is 1.89 bits per heavy atom. The lowest BCUT2D eigenvalue weighted by Gasteiger charge is -2.22. The highest BCUT2D eigenvalue weighted by Gasteiger charge is 2.22. The van der Waals surface area contributed by atoms with Crippen LogP contribution in [-0.2, 0) is 6.54 Å². The molecule has 0 radical (unpaired) electrons. The monoisotopic (exact) mass is 384 g/mol. The quantitative estimate of drug-likeness (QED) is 0.481. The van der Waals surface area contributed by atoms with Crippen LogP contribution >= 0.6 is 11.6 Å². The minimum atomic E-state index is -0.476. The lowest BCUT2D eigenvalue weighted by Crippen LogP contribution is -2.24. The summed E-state index contributed by atoms with van der Waals surface area (Å²) < 4.78 is 0. The minimum Gasteiger partial charge on any atom is -0.347 e. The van der Waals surface area contributed by atoms with Gasteiger partial charge in [0, 0.05) is 36.2 Å². The van der Waals surface area contributed by atoms with Gasteiger partial charge in [-0.3, -0.25) is 15.1 Å². The molecule has 0 aliphatic carbocycles. The first-order valence-electron chi connectivity index (χ1n) is 8.24. The van der Waals surface area contributed by atoms with Crippen LogP contribution in [0.1, 0.15) is 12.5 Å². The summed E-state index contributed by atoms with van der Waals surface area (Å²) in [6.07, 6.45) is 4.59. The molecule has 0 spiro atoms. The van der Waals surface area contributed by atoms with E-state index in [-0.39, 0.29) is 17.5 Å². The predicted octanol–water partition coefficient (Wildman–Crippen LogP) is 4.20. The predicted molar refractivity (Wildman–Crippen MR) is 104 cm³/mol. The van der Waals surface area contributed by atoms with Gasteiger partial charge in [0.1, 0.15) is 6.20 Å². The summed E-state index contributed by atoms with van der Waals surface area (Å²) in [7, 11) is 0. The fraction of sp³-hybridized carbons (Fsp3) is 0.167. The number of nitrogens with zero attached hydrogens (tertiary/aromatic N) is 5. The third kappa shape index (κ3) is 4.68. The number of aromatic nitrogens is 3. The van der Waals surface area contributed by atoms with Crippen LogP contribution in [0.3, 0.4) is 0 Å². The van der Waals surface area contributed by atoms with Gasteiger partial charge >= 0.3 is 5.69 Å². The summed E-state index contributed by atoms with van der Waals surface area (Å²) in [6, 6.07) is 10.8. The first-order chi connectivity index (χ1) is 13.1. The molecular formula is C18H17ClN6O2. The highest BCUT2D eigenvalue weighted by Crippen LogP contribution is 2.28. The average molecular weight is 385 g/mol. The Bertz CT molecular complexity index is 921. The van der Waals surface area contributed by atoms with E-state index < -0.39 is 4.92 Å². The molecule has 0 aliphatic heterocycles. The summed E-state index contributed by atoms with van der Waals surface area (Å²) in [4.78, 5) is 25.3. The summed E-state index contributed by atoms with van der Waals surface area (Å²) >= 11 is 5.89. The highest BCUT2D eigenvalue weighted by atomic mass is 35.5. The molecule has 0 bridgehead atoms. The number of halogens is 1. The van der Waals surface area contributed by atoms with Crippen molar-refractivity contribution in [3.05, 3.63) is 75.7 Å². The van der Waals surface area contributed by atoms with Gasteiger partial charge in [0.2, 0.25) is 11.8 Å². The van der Waals surface area contributed by atoms with Crippen LogP contribution in [0, 0.1) is 10.1 Å². The Morgan fingerprint density at radius 3 is 2.52 bits per heavy atom. The van der Waals surface area contributed by atoms with Crippen molar-refractivity contribution in [2.75, 3.05) is 16.8 Å². The number of hydrogen-bond acceptors (Lipinski definition) is 7. The summed E-state index contributed by atoms with van der Waals surface area (Å²) in [5, 5.41) is 15.1. The van der Waals surface area contributed by atoms with Crippen LogP contribution in [0.25, 0.3) is 0 Å². The Kier molecular flexibility index (Phi) is 5.77. The SMILES string of the molecule is CCN(Cc1ccncc1)c1nc(Nc2ccc(Cl)cc2)ncc1[N+](=O)[O-]. The van der Waals surface area contributed by atoms with Crippen LogP contribution in [0.5, 0.6) is 0 Å². The maximum absolute atomic E-state index is 11.5. The molecule has 3 aromatic rings. The first kappa shape index (κ1) is 18.5. The fourth-order valence-corrected chi connectivity index (χ4v) is 2.62. The first-order valence-corrected chi connectivity index (χ1v) is 8.62. The standard InChI is InChI=1S/C18H17ClN6O2/c1-2-24(12-13-7-9-20-10-8-13)17-16(25(26)27)11-21-18(23-17)22-15-5-3-14(19)4-6-15/h3-11H,2,12H2,1H3,(H,21,22,23). The molecule has 3 rings (SSSR count). The van der Waals surface area contributed by atoms with Crippen LogP contribution in [0.2, 0.25) is 5.02 Å². The summed E-state index contributed by atoms with van der Waals surface area (Å²) in [5.74, 6) is 0.525. The van der Waals surface area contributed by atoms with Gasteiger partial charge in [-0.05, 0) is 48.9 Å². The normalized spacial score (nSPS) is 10.4. The summed E-state index contributed by atoms with van der Waals surface area (Å²) in [5.41, 5.74) is 1.57. The third-order valence-electron chi connectivity index (χ3n) is 3.85. The number of anilines is 3. The largest absolute Gasteiger partial charge is 0.347 e. The zero-order valence-electron chi connectivity index (χ0n) is 14.5. The van der Waals surface area contributed by atoms with Crippen molar-refractivity contribution in [2.45, 2.75) is 13.5 Å². The molecule has 0 unspecified atom stereocenters. The number of benzene rings is 1. The molecular weight excluding hydrogens is 368 g/mol. The Morgan fingerprint density at radius 1 is 1.19 bits per heavy atom. The van der Waals surface area contributed by atoms with E-state index in [0.29, 0.717) is 18.1 Å². The molecule has 0 saturated heterocycles. The number of hydrogen-bond donors (Lipinski definition) is 1. The molecule has 8 nitrogen and oxygen atoms in total. The van der Waals surface area contributed by atoms with Gasteiger partial charge in [-0.2, -0.15) is 4.98 Å². The third-order valence-corrected chi connectivity index (χ3v) is 4.10.